The van der Waals surface area contributed by atoms with Crippen LogP contribution in [0.4, 0.5) is 0 Å². The van der Waals surface area contributed by atoms with Crippen molar-refractivity contribution in [2.75, 3.05) is 0 Å². The van der Waals surface area contributed by atoms with E-state index in [1.54, 1.807) is 0 Å². The second kappa shape index (κ2) is 3.36. The number of fused-ring (bicyclic) bond motifs is 3. The Hall–Kier alpha value is -0.795. The largest absolute Gasteiger partial charge is 0.139 e. The third kappa shape index (κ3) is 1.50. The van der Waals surface area contributed by atoms with Gasteiger partial charge in [0.2, 0.25) is 0 Å². The first-order chi connectivity index (χ1) is 7.24. The molecule has 0 fully saturated rings. The van der Waals surface area contributed by atoms with Gasteiger partial charge in [0.25, 0.3) is 0 Å². The van der Waals surface area contributed by atoms with E-state index in [2.05, 4.69) is 60.2 Å². The lowest BCUT2D eigenvalue weighted by molar-refractivity contribution is 1.77. The molecule has 3 rings (SSSR count). The summed E-state index contributed by atoms with van der Waals surface area (Å²) in [5.41, 5.74) is 1.32. The van der Waals surface area contributed by atoms with Crippen molar-refractivity contribution < 1.29 is 0 Å². The van der Waals surface area contributed by atoms with Crippen LogP contribution in [0.1, 0.15) is 0 Å². The molecule has 0 amide bonds. The van der Waals surface area contributed by atoms with Crippen LogP contribution in [0.2, 0.25) is 0 Å². The van der Waals surface area contributed by atoms with Crippen LogP contribution in [0.3, 0.4) is 0 Å². The molecule has 0 radical (unpaired) electrons. The van der Waals surface area contributed by atoms with Crippen LogP contribution in [-0.4, -0.2) is 7.85 Å². The van der Waals surface area contributed by atoms with Crippen LogP contribution in [0.5, 0.6) is 0 Å². The number of halogens is 1. The molecule has 0 spiro atoms. The summed E-state index contributed by atoms with van der Waals surface area (Å²) < 4.78 is 3.88. The molecule has 0 nitrogen and oxygen atoms in total. The Balaban J connectivity index is 2.55. The van der Waals surface area contributed by atoms with E-state index in [4.69, 9.17) is 0 Å². The molecule has 2 aromatic carbocycles. The number of hydrogen-bond acceptors (Lipinski definition) is 1. The summed E-state index contributed by atoms with van der Waals surface area (Å²) in [5.74, 6) is 0. The van der Waals surface area contributed by atoms with E-state index in [-0.39, 0.29) is 0 Å². The maximum Gasteiger partial charge on any atom is 0.139 e. The lowest BCUT2D eigenvalue weighted by Crippen LogP contribution is -1.98. The van der Waals surface area contributed by atoms with Gasteiger partial charge >= 0.3 is 0 Å². The fourth-order valence-electron chi connectivity index (χ4n) is 1.86. The maximum absolute atomic E-state index is 3.53. The van der Waals surface area contributed by atoms with Crippen molar-refractivity contribution in [3.63, 3.8) is 0 Å². The summed E-state index contributed by atoms with van der Waals surface area (Å²) in [6.45, 7) is 0. The lowest BCUT2D eigenvalue weighted by Gasteiger charge is -1.94. The molecule has 15 heavy (non-hydrogen) atoms. The maximum atomic E-state index is 3.53. The van der Waals surface area contributed by atoms with Gasteiger partial charge in [0, 0.05) is 19.3 Å². The molecule has 1 aromatic heterocycles. The van der Waals surface area contributed by atoms with Crippen LogP contribution in [-0.2, 0) is 0 Å². The third-order valence-electron chi connectivity index (χ3n) is 2.59. The number of hydrogen-bond donors (Lipinski definition) is 0. The smallest absolute Gasteiger partial charge is 0.135 e. The lowest BCUT2D eigenvalue weighted by atomic mass is 9.95. The number of thiophene rings is 1. The molecule has 0 unspecified atom stereocenters. The zero-order chi connectivity index (χ0) is 10.4. The van der Waals surface area contributed by atoms with Crippen LogP contribution in [0.15, 0.2) is 40.9 Å². The Morgan fingerprint density at radius 3 is 2.40 bits per heavy atom. The Bertz CT molecular complexity index is 601. The molecule has 0 saturated carbocycles. The number of rotatable bonds is 0. The summed E-state index contributed by atoms with van der Waals surface area (Å²) in [6, 6.07) is 13.1. The van der Waals surface area contributed by atoms with E-state index in [0.29, 0.717) is 0 Å². The Morgan fingerprint density at radius 2 is 1.60 bits per heavy atom. The average Bonchev–Trinajstić information content (AvgIpc) is 2.56. The second-order valence-electron chi connectivity index (χ2n) is 3.74. The fraction of sp³-hybridized carbons (Fsp3) is 0. The quantitative estimate of drug-likeness (QED) is 0.553. The molecule has 1 heterocycles. The van der Waals surface area contributed by atoms with E-state index in [1.165, 1.54) is 25.6 Å². The van der Waals surface area contributed by atoms with Gasteiger partial charge in [0.05, 0.1) is 0 Å². The minimum Gasteiger partial charge on any atom is -0.135 e. The molecule has 0 aliphatic heterocycles. The standard InChI is InChI=1S/C12H8BBrS/c13-7-1-3-11-9(5-7)10-6-8(14)2-4-12(10)15-11/h1-6H,13H2. The SMILES string of the molecule is Bc1ccc2sc3ccc(Br)cc3c2c1. The molecule has 3 heteroatoms. The van der Waals surface area contributed by atoms with Crippen LogP contribution in [0.25, 0.3) is 20.2 Å². The normalized spacial score (nSPS) is 11.3. The first-order valence-electron chi connectivity index (χ1n) is 4.82. The monoisotopic (exact) mass is 274 g/mol. The highest BCUT2D eigenvalue weighted by atomic mass is 79.9. The molecular weight excluding hydrogens is 267 g/mol. The van der Waals surface area contributed by atoms with E-state index in [1.807, 2.05) is 11.3 Å². The Labute approximate surface area is 101 Å². The summed E-state index contributed by atoms with van der Waals surface area (Å²) >= 11 is 5.38. The molecule has 0 bridgehead atoms. The van der Waals surface area contributed by atoms with Gasteiger partial charge in [-0.1, -0.05) is 33.5 Å². The van der Waals surface area contributed by atoms with Gasteiger partial charge in [-0.05, 0) is 29.7 Å². The molecular formula is C12H8BBrS. The van der Waals surface area contributed by atoms with E-state index >= 15 is 0 Å². The topological polar surface area (TPSA) is 0 Å². The minimum atomic E-state index is 1.15. The zero-order valence-electron chi connectivity index (χ0n) is 8.25. The highest BCUT2D eigenvalue weighted by Crippen LogP contribution is 2.34. The van der Waals surface area contributed by atoms with Gasteiger partial charge in [-0.3, -0.25) is 0 Å². The first-order valence-corrected chi connectivity index (χ1v) is 6.43. The second-order valence-corrected chi connectivity index (χ2v) is 5.74. The molecule has 0 N–H and O–H groups in total. The fourth-order valence-corrected chi connectivity index (χ4v) is 3.29. The van der Waals surface area contributed by atoms with Crippen molar-refractivity contribution in [1.82, 2.24) is 0 Å². The van der Waals surface area contributed by atoms with E-state index < -0.39 is 0 Å². The van der Waals surface area contributed by atoms with E-state index in [0.717, 1.165) is 4.47 Å². The van der Waals surface area contributed by atoms with Gasteiger partial charge in [0.1, 0.15) is 7.85 Å². The zero-order valence-corrected chi connectivity index (χ0v) is 10.7. The summed E-state index contributed by atoms with van der Waals surface area (Å²) in [4.78, 5) is 0. The van der Waals surface area contributed by atoms with Gasteiger partial charge in [-0.25, -0.2) is 0 Å². The van der Waals surface area contributed by atoms with Crippen LogP contribution < -0.4 is 5.46 Å². The van der Waals surface area contributed by atoms with Crippen LogP contribution >= 0.6 is 27.3 Å². The highest BCUT2D eigenvalue weighted by Gasteiger charge is 2.04. The highest BCUT2D eigenvalue weighted by molar-refractivity contribution is 9.10. The molecule has 3 aromatic rings. The van der Waals surface area contributed by atoms with Crippen molar-refractivity contribution in [1.29, 1.82) is 0 Å². The predicted octanol–water partition coefficient (Wildman–Crippen LogP) is 3.08. The Kier molecular flexibility index (Phi) is 2.11. The molecule has 72 valence electrons. The summed E-state index contributed by atoms with van der Waals surface area (Å²) in [7, 11) is 2.14. The van der Waals surface area contributed by atoms with E-state index in [9.17, 15) is 0 Å². The first kappa shape index (κ1) is 9.43. The van der Waals surface area contributed by atoms with Crippen molar-refractivity contribution in [3.05, 3.63) is 40.9 Å². The third-order valence-corrected chi connectivity index (χ3v) is 4.23. The van der Waals surface area contributed by atoms with Gasteiger partial charge in [0.15, 0.2) is 0 Å². The van der Waals surface area contributed by atoms with Crippen molar-refractivity contribution in [2.24, 2.45) is 0 Å². The van der Waals surface area contributed by atoms with Crippen molar-refractivity contribution in [3.8, 4) is 0 Å². The Morgan fingerprint density at radius 1 is 0.933 bits per heavy atom. The average molecular weight is 275 g/mol. The van der Waals surface area contributed by atoms with Gasteiger partial charge in [-0.2, -0.15) is 0 Å². The number of benzene rings is 2. The molecule has 0 atom stereocenters. The summed E-state index contributed by atoms with van der Waals surface area (Å²) in [6.07, 6.45) is 0. The minimum absolute atomic E-state index is 1.15. The van der Waals surface area contributed by atoms with Crippen molar-refractivity contribution in [2.45, 2.75) is 0 Å². The van der Waals surface area contributed by atoms with Crippen LogP contribution in [0, 0.1) is 0 Å². The van der Waals surface area contributed by atoms with Gasteiger partial charge < -0.3 is 0 Å². The van der Waals surface area contributed by atoms with Crippen molar-refractivity contribution >= 4 is 60.7 Å². The summed E-state index contributed by atoms with van der Waals surface area (Å²) in [5, 5.41) is 2.73. The van der Waals surface area contributed by atoms with Gasteiger partial charge in [-0.15, -0.1) is 11.3 Å². The molecule has 0 aliphatic carbocycles. The molecule has 0 aliphatic rings. The predicted molar refractivity (Wildman–Crippen MR) is 75.2 cm³/mol. The molecule has 0 saturated heterocycles.